The molecule has 2 aromatic rings. The van der Waals surface area contributed by atoms with Crippen molar-refractivity contribution < 1.29 is 9.50 Å². The van der Waals surface area contributed by atoms with Crippen molar-refractivity contribution in [3.8, 4) is 5.75 Å². The van der Waals surface area contributed by atoms with Crippen molar-refractivity contribution in [1.29, 1.82) is 0 Å². The summed E-state index contributed by atoms with van der Waals surface area (Å²) in [6.07, 6.45) is 1.31. The average Bonchev–Trinajstić information content (AvgIpc) is 2.33. The molecule has 1 N–H and O–H groups in total. The molecule has 2 rings (SSSR count). The molecule has 0 spiro atoms. The number of hydrogen-bond acceptors (Lipinski definition) is 2. The molecule has 92 valence electrons. The van der Waals surface area contributed by atoms with Gasteiger partial charge in [-0.2, -0.15) is 0 Å². The highest BCUT2D eigenvalue weighted by Gasteiger charge is 2.06. The number of aliphatic imine (C=N–C) groups is 1. The Kier molecular flexibility index (Phi) is 3.84. The summed E-state index contributed by atoms with van der Waals surface area (Å²) in [7, 11) is 0. The maximum absolute atomic E-state index is 13.3. The van der Waals surface area contributed by atoms with E-state index in [4.69, 9.17) is 23.2 Å². The molecule has 0 heterocycles. The molecule has 0 unspecified atom stereocenters. The molecule has 5 heteroatoms. The molecule has 0 aromatic heterocycles. The monoisotopic (exact) mass is 283 g/mol. The van der Waals surface area contributed by atoms with Crippen LogP contribution in [-0.4, -0.2) is 11.3 Å². The molecule has 0 aliphatic heterocycles. The van der Waals surface area contributed by atoms with E-state index in [0.717, 1.165) is 0 Å². The summed E-state index contributed by atoms with van der Waals surface area (Å²) in [6, 6.07) is 8.97. The summed E-state index contributed by atoms with van der Waals surface area (Å²) in [6.45, 7) is 0. The molecule has 0 amide bonds. The molecule has 0 aliphatic rings. The number of benzene rings is 2. The topological polar surface area (TPSA) is 32.6 Å². The van der Waals surface area contributed by atoms with Crippen LogP contribution >= 0.6 is 23.2 Å². The molecule has 0 aliphatic carbocycles. The molecule has 0 bridgehead atoms. The summed E-state index contributed by atoms with van der Waals surface area (Å²) in [5.41, 5.74) is 0.503. The third-order valence-corrected chi connectivity index (χ3v) is 2.76. The highest BCUT2D eigenvalue weighted by molar-refractivity contribution is 6.36. The Bertz CT molecular complexity index is 614. The van der Waals surface area contributed by atoms with Crippen molar-refractivity contribution in [2.75, 3.05) is 0 Å². The molecular weight excluding hydrogens is 276 g/mol. The van der Waals surface area contributed by atoms with Gasteiger partial charge in [0.05, 0.1) is 10.7 Å². The van der Waals surface area contributed by atoms with Gasteiger partial charge in [0.15, 0.2) is 0 Å². The lowest BCUT2D eigenvalue weighted by Gasteiger charge is -2.02. The van der Waals surface area contributed by atoms with E-state index in [9.17, 15) is 9.50 Å². The van der Waals surface area contributed by atoms with Crippen LogP contribution in [0, 0.1) is 5.82 Å². The zero-order valence-corrected chi connectivity index (χ0v) is 10.6. The normalized spacial score (nSPS) is 11.1. The number of para-hydroxylation sites is 1. The van der Waals surface area contributed by atoms with Gasteiger partial charge in [0, 0.05) is 16.8 Å². The highest BCUT2D eigenvalue weighted by atomic mass is 35.5. The highest BCUT2D eigenvalue weighted by Crippen LogP contribution is 2.30. The Hall–Kier alpha value is -1.58. The van der Waals surface area contributed by atoms with Crippen LogP contribution in [-0.2, 0) is 0 Å². The fourth-order valence-corrected chi connectivity index (χ4v) is 1.89. The summed E-state index contributed by atoms with van der Waals surface area (Å²) >= 11 is 11.6. The summed E-state index contributed by atoms with van der Waals surface area (Å²) in [4.78, 5) is 3.94. The Morgan fingerprint density at radius 2 is 1.89 bits per heavy atom. The Labute approximate surface area is 113 Å². The third kappa shape index (κ3) is 2.81. The summed E-state index contributed by atoms with van der Waals surface area (Å²) < 4.78 is 13.3. The van der Waals surface area contributed by atoms with Gasteiger partial charge in [0.25, 0.3) is 0 Å². The van der Waals surface area contributed by atoms with Crippen LogP contribution in [0.25, 0.3) is 0 Å². The lowest BCUT2D eigenvalue weighted by molar-refractivity contribution is 0.475. The van der Waals surface area contributed by atoms with Crippen molar-refractivity contribution in [3.63, 3.8) is 0 Å². The van der Waals surface area contributed by atoms with Crippen LogP contribution < -0.4 is 0 Å². The maximum atomic E-state index is 13.3. The van der Waals surface area contributed by atoms with Gasteiger partial charge in [-0.3, -0.25) is 4.99 Å². The lowest BCUT2D eigenvalue weighted by atomic mass is 10.2. The molecule has 0 fully saturated rings. The quantitative estimate of drug-likeness (QED) is 0.804. The van der Waals surface area contributed by atoms with Crippen molar-refractivity contribution in [3.05, 3.63) is 57.8 Å². The Balaban J connectivity index is 2.38. The number of phenols is 1. The van der Waals surface area contributed by atoms with Crippen molar-refractivity contribution in [1.82, 2.24) is 0 Å². The van der Waals surface area contributed by atoms with Gasteiger partial charge in [-0.15, -0.1) is 0 Å². The van der Waals surface area contributed by atoms with E-state index in [1.54, 1.807) is 12.1 Å². The largest absolute Gasteiger partial charge is 0.506 e. The molecule has 2 nitrogen and oxygen atoms in total. The molecule has 0 atom stereocenters. The number of nitrogens with zero attached hydrogens (tertiary/aromatic N) is 1. The fraction of sp³-hybridized carbons (Fsp3) is 0. The molecule has 2 aromatic carbocycles. The standard InChI is InChI=1S/C13H8Cl2FNO/c14-9-5-8(13(18)10(15)6-9)7-17-12-4-2-1-3-11(12)16/h1-7,18H. The average molecular weight is 284 g/mol. The first kappa shape index (κ1) is 12.9. The van der Waals surface area contributed by atoms with Crippen LogP contribution in [0.5, 0.6) is 5.75 Å². The van der Waals surface area contributed by atoms with Gasteiger partial charge in [-0.1, -0.05) is 35.3 Å². The first-order valence-electron chi connectivity index (χ1n) is 5.04. The molecule has 0 saturated carbocycles. The van der Waals surface area contributed by atoms with Crippen molar-refractivity contribution in [2.45, 2.75) is 0 Å². The number of hydrogen-bond donors (Lipinski definition) is 1. The lowest BCUT2D eigenvalue weighted by Crippen LogP contribution is -1.84. The van der Waals surface area contributed by atoms with Crippen LogP contribution in [0.1, 0.15) is 5.56 Å². The Morgan fingerprint density at radius 3 is 2.61 bits per heavy atom. The number of rotatable bonds is 2. The van der Waals surface area contributed by atoms with Gasteiger partial charge >= 0.3 is 0 Å². The van der Waals surface area contributed by atoms with Crippen molar-refractivity contribution >= 4 is 35.1 Å². The molecule has 18 heavy (non-hydrogen) atoms. The second-order valence-corrected chi connectivity index (χ2v) is 4.38. The first-order chi connectivity index (χ1) is 8.58. The van der Waals surface area contributed by atoms with E-state index in [-0.39, 0.29) is 16.5 Å². The number of phenolic OH excluding ortho intramolecular Hbond substituents is 1. The summed E-state index contributed by atoms with van der Waals surface area (Å²) in [5, 5.41) is 10.2. The smallest absolute Gasteiger partial charge is 0.148 e. The second kappa shape index (κ2) is 5.38. The molecule has 0 radical (unpaired) electrons. The van der Waals surface area contributed by atoms with Gasteiger partial charge in [0.1, 0.15) is 11.6 Å². The van der Waals surface area contributed by atoms with E-state index >= 15 is 0 Å². The number of aromatic hydroxyl groups is 1. The van der Waals surface area contributed by atoms with Gasteiger partial charge in [-0.05, 0) is 24.3 Å². The van der Waals surface area contributed by atoms with Crippen LogP contribution in [0.4, 0.5) is 10.1 Å². The van der Waals surface area contributed by atoms with E-state index in [1.807, 2.05) is 0 Å². The van der Waals surface area contributed by atoms with E-state index in [0.29, 0.717) is 10.6 Å². The predicted molar refractivity (Wildman–Crippen MR) is 71.8 cm³/mol. The molecular formula is C13H8Cl2FNO. The van der Waals surface area contributed by atoms with Crippen LogP contribution in [0.2, 0.25) is 10.0 Å². The van der Waals surface area contributed by atoms with E-state index < -0.39 is 5.82 Å². The maximum Gasteiger partial charge on any atom is 0.148 e. The van der Waals surface area contributed by atoms with Crippen LogP contribution in [0.15, 0.2) is 41.4 Å². The Morgan fingerprint density at radius 1 is 1.17 bits per heavy atom. The minimum atomic E-state index is -0.443. The minimum Gasteiger partial charge on any atom is -0.506 e. The van der Waals surface area contributed by atoms with Crippen molar-refractivity contribution in [2.24, 2.45) is 4.99 Å². The summed E-state index contributed by atoms with van der Waals surface area (Å²) in [5.74, 6) is -0.581. The molecule has 0 saturated heterocycles. The van der Waals surface area contributed by atoms with Gasteiger partial charge < -0.3 is 5.11 Å². The van der Waals surface area contributed by atoms with Gasteiger partial charge in [-0.25, -0.2) is 4.39 Å². The zero-order chi connectivity index (χ0) is 13.1. The third-order valence-electron chi connectivity index (χ3n) is 2.25. The first-order valence-corrected chi connectivity index (χ1v) is 5.80. The zero-order valence-electron chi connectivity index (χ0n) is 9.07. The predicted octanol–water partition coefficient (Wildman–Crippen LogP) is 4.59. The SMILES string of the molecule is Oc1c(Cl)cc(Cl)cc1C=Nc1ccccc1F. The van der Waals surface area contributed by atoms with E-state index in [1.165, 1.54) is 30.5 Å². The minimum absolute atomic E-state index is 0.123. The van der Waals surface area contributed by atoms with E-state index in [2.05, 4.69) is 4.99 Å². The second-order valence-electron chi connectivity index (χ2n) is 3.54. The van der Waals surface area contributed by atoms with Crippen LogP contribution in [0.3, 0.4) is 0 Å². The van der Waals surface area contributed by atoms with Gasteiger partial charge in [0.2, 0.25) is 0 Å². The number of halogens is 3. The fourth-order valence-electron chi connectivity index (χ4n) is 1.38.